The maximum absolute atomic E-state index is 10.7. The number of aliphatic imine (C=N–C) groups is 1. The van der Waals surface area contributed by atoms with Crippen molar-refractivity contribution in [1.29, 1.82) is 0 Å². The molecule has 3 N–H and O–H groups in total. The first-order chi connectivity index (χ1) is 12.1. The molecule has 6 nitrogen and oxygen atoms in total. The van der Waals surface area contributed by atoms with Crippen LogP contribution in [0, 0.1) is 0 Å². The molecule has 1 rings (SSSR count). The van der Waals surface area contributed by atoms with Gasteiger partial charge in [-0.1, -0.05) is 26.7 Å². The number of aliphatic hydroxyl groups is 1. The zero-order chi connectivity index (χ0) is 18.4. The highest BCUT2D eigenvalue weighted by Gasteiger charge is 2.24. The lowest BCUT2D eigenvalue weighted by atomic mass is 9.93. The van der Waals surface area contributed by atoms with E-state index in [1.54, 1.807) is 6.26 Å². The van der Waals surface area contributed by atoms with E-state index >= 15 is 0 Å². The number of hydrogen-bond acceptors (Lipinski definition) is 4. The average molecular weight is 354 g/mol. The molecule has 1 aromatic rings. The van der Waals surface area contributed by atoms with Crippen molar-refractivity contribution in [3.8, 4) is 0 Å². The predicted molar refractivity (Wildman–Crippen MR) is 102 cm³/mol. The van der Waals surface area contributed by atoms with Gasteiger partial charge >= 0.3 is 0 Å². The van der Waals surface area contributed by atoms with Crippen LogP contribution in [0.15, 0.2) is 27.8 Å². The summed E-state index contributed by atoms with van der Waals surface area (Å²) in [5.74, 6) is 1.59. The molecular formula is C19H35N3O3. The number of hydrogen-bond donors (Lipinski definition) is 3. The van der Waals surface area contributed by atoms with E-state index in [0.29, 0.717) is 19.8 Å². The molecule has 0 aliphatic carbocycles. The van der Waals surface area contributed by atoms with Crippen molar-refractivity contribution in [3.05, 3.63) is 24.2 Å². The van der Waals surface area contributed by atoms with E-state index in [-0.39, 0.29) is 0 Å². The Balaban J connectivity index is 2.31. The highest BCUT2D eigenvalue weighted by molar-refractivity contribution is 5.79. The van der Waals surface area contributed by atoms with Crippen LogP contribution in [-0.4, -0.2) is 42.9 Å². The van der Waals surface area contributed by atoms with Gasteiger partial charge in [0.25, 0.3) is 0 Å². The van der Waals surface area contributed by atoms with Gasteiger partial charge in [-0.2, -0.15) is 0 Å². The largest absolute Gasteiger partial charge is 0.467 e. The summed E-state index contributed by atoms with van der Waals surface area (Å²) >= 11 is 0. The molecular weight excluding hydrogens is 318 g/mol. The van der Waals surface area contributed by atoms with Crippen LogP contribution in [0.3, 0.4) is 0 Å². The topological polar surface area (TPSA) is 79.0 Å². The van der Waals surface area contributed by atoms with Crippen LogP contribution in [0.4, 0.5) is 0 Å². The fourth-order valence-corrected chi connectivity index (χ4v) is 2.73. The maximum atomic E-state index is 10.7. The molecule has 0 radical (unpaired) electrons. The predicted octanol–water partition coefficient (Wildman–Crippen LogP) is 3.07. The Labute approximate surface area is 152 Å². The van der Waals surface area contributed by atoms with E-state index in [2.05, 4.69) is 29.5 Å². The van der Waals surface area contributed by atoms with E-state index < -0.39 is 5.60 Å². The van der Waals surface area contributed by atoms with Crippen molar-refractivity contribution in [3.63, 3.8) is 0 Å². The van der Waals surface area contributed by atoms with Gasteiger partial charge in [0.2, 0.25) is 0 Å². The third-order valence-corrected chi connectivity index (χ3v) is 3.89. The Bertz CT molecular complexity index is 454. The van der Waals surface area contributed by atoms with Gasteiger partial charge in [0.1, 0.15) is 12.4 Å². The minimum Gasteiger partial charge on any atom is -0.467 e. The second-order valence-corrected chi connectivity index (χ2v) is 6.33. The molecule has 0 saturated carbocycles. The van der Waals surface area contributed by atoms with Crippen LogP contribution in [0.5, 0.6) is 0 Å². The van der Waals surface area contributed by atoms with Gasteiger partial charge in [-0.15, -0.1) is 0 Å². The molecule has 144 valence electrons. The Morgan fingerprint density at radius 2 is 2.00 bits per heavy atom. The molecule has 0 spiro atoms. The smallest absolute Gasteiger partial charge is 0.191 e. The molecule has 0 aliphatic heterocycles. The molecule has 0 aromatic carbocycles. The summed E-state index contributed by atoms with van der Waals surface area (Å²) in [6, 6.07) is 3.76. The molecule has 1 heterocycles. The molecule has 0 amide bonds. The van der Waals surface area contributed by atoms with E-state index in [1.807, 2.05) is 19.1 Å². The highest BCUT2D eigenvalue weighted by Crippen LogP contribution is 2.19. The third-order valence-electron chi connectivity index (χ3n) is 3.89. The van der Waals surface area contributed by atoms with Crippen molar-refractivity contribution in [2.24, 2.45) is 4.99 Å². The quantitative estimate of drug-likeness (QED) is 0.288. The summed E-state index contributed by atoms with van der Waals surface area (Å²) in [5, 5.41) is 17.2. The number of nitrogens with zero attached hydrogens (tertiary/aromatic N) is 1. The first-order valence-corrected chi connectivity index (χ1v) is 9.48. The fraction of sp³-hybridized carbons (Fsp3) is 0.737. The Morgan fingerprint density at radius 3 is 2.60 bits per heavy atom. The fourth-order valence-electron chi connectivity index (χ4n) is 2.73. The van der Waals surface area contributed by atoms with Gasteiger partial charge in [-0.05, 0) is 38.3 Å². The summed E-state index contributed by atoms with van der Waals surface area (Å²) in [6.07, 6.45) is 6.01. The lowest BCUT2D eigenvalue weighted by molar-refractivity contribution is 0.0306. The van der Waals surface area contributed by atoms with Gasteiger partial charge in [-0.25, -0.2) is 0 Å². The number of guanidine groups is 1. The number of ether oxygens (including phenoxy) is 1. The number of nitrogens with one attached hydrogen (secondary N) is 2. The second-order valence-electron chi connectivity index (χ2n) is 6.33. The Kier molecular flexibility index (Phi) is 11.0. The van der Waals surface area contributed by atoms with E-state index in [1.165, 1.54) is 0 Å². The van der Waals surface area contributed by atoms with Crippen LogP contribution in [0.25, 0.3) is 0 Å². The summed E-state index contributed by atoms with van der Waals surface area (Å²) in [5.41, 5.74) is -0.696. The van der Waals surface area contributed by atoms with Crippen molar-refractivity contribution in [2.45, 2.75) is 65.1 Å². The zero-order valence-corrected chi connectivity index (χ0v) is 16.0. The van der Waals surface area contributed by atoms with Crippen molar-refractivity contribution in [2.75, 3.05) is 26.2 Å². The Hall–Kier alpha value is -1.53. The SMILES string of the molecule is CCCC(O)(CCC)CN=C(NCC)NCCCOCc1ccco1. The molecule has 0 saturated heterocycles. The highest BCUT2D eigenvalue weighted by atomic mass is 16.5. The first kappa shape index (κ1) is 21.5. The van der Waals surface area contributed by atoms with Gasteiger partial charge < -0.3 is 24.9 Å². The second kappa shape index (κ2) is 12.8. The van der Waals surface area contributed by atoms with Crippen LogP contribution in [0.1, 0.15) is 58.6 Å². The molecule has 6 heteroatoms. The molecule has 1 aromatic heterocycles. The van der Waals surface area contributed by atoms with Crippen molar-refractivity contribution >= 4 is 5.96 Å². The summed E-state index contributed by atoms with van der Waals surface area (Å²) < 4.78 is 10.8. The van der Waals surface area contributed by atoms with Crippen LogP contribution >= 0.6 is 0 Å². The average Bonchev–Trinajstić information content (AvgIpc) is 3.09. The van der Waals surface area contributed by atoms with Crippen LogP contribution in [0.2, 0.25) is 0 Å². The molecule has 0 bridgehead atoms. The van der Waals surface area contributed by atoms with Crippen LogP contribution in [-0.2, 0) is 11.3 Å². The summed E-state index contributed by atoms with van der Waals surface area (Å²) in [7, 11) is 0. The summed E-state index contributed by atoms with van der Waals surface area (Å²) in [6.45, 7) is 9.37. The normalized spacial score (nSPS) is 12.4. The van der Waals surface area contributed by atoms with Gasteiger partial charge in [-0.3, -0.25) is 4.99 Å². The first-order valence-electron chi connectivity index (χ1n) is 9.48. The third kappa shape index (κ3) is 9.51. The van der Waals surface area contributed by atoms with Gasteiger partial charge in [0, 0.05) is 19.7 Å². The van der Waals surface area contributed by atoms with Gasteiger partial charge in [0.15, 0.2) is 5.96 Å². The lowest BCUT2D eigenvalue weighted by Crippen LogP contribution is -2.40. The van der Waals surface area contributed by atoms with E-state index in [4.69, 9.17) is 9.15 Å². The molecule has 25 heavy (non-hydrogen) atoms. The van der Waals surface area contributed by atoms with Crippen molar-refractivity contribution in [1.82, 2.24) is 10.6 Å². The van der Waals surface area contributed by atoms with Gasteiger partial charge in [0.05, 0.1) is 18.4 Å². The van der Waals surface area contributed by atoms with E-state index in [0.717, 1.165) is 56.9 Å². The molecule has 0 fully saturated rings. The lowest BCUT2D eigenvalue weighted by Gasteiger charge is -2.26. The molecule has 0 aliphatic rings. The van der Waals surface area contributed by atoms with Crippen molar-refractivity contribution < 1.29 is 14.3 Å². The summed E-state index contributed by atoms with van der Waals surface area (Å²) in [4.78, 5) is 4.57. The number of furan rings is 1. The molecule has 0 unspecified atom stereocenters. The minimum atomic E-state index is -0.696. The maximum Gasteiger partial charge on any atom is 0.191 e. The zero-order valence-electron chi connectivity index (χ0n) is 16.0. The standard InChI is InChI=1S/C19H35N3O3/c1-4-10-19(23,11-5-2)16-22-18(20-6-3)21-12-8-13-24-15-17-9-7-14-25-17/h7,9,14,23H,4-6,8,10-13,15-16H2,1-3H3,(H2,20,21,22). The van der Waals surface area contributed by atoms with E-state index in [9.17, 15) is 5.11 Å². The minimum absolute atomic E-state index is 0.430. The molecule has 0 atom stereocenters. The number of rotatable bonds is 13. The van der Waals surface area contributed by atoms with Crippen LogP contribution < -0.4 is 10.6 Å². The monoisotopic (exact) mass is 353 g/mol. The Morgan fingerprint density at radius 1 is 1.24 bits per heavy atom.